The van der Waals surface area contributed by atoms with Gasteiger partial charge < -0.3 is 4.42 Å². The number of aromatic nitrogens is 4. The standard InChI is InChI=1S/C24H19N7O2.C2H6/c1-15-11-12-20(33-15)21-17(13-30(29-21)16-7-3-2-4-8-16)22-27-23(25-14-32)28-24-26-18-9-5-6-10-19(18)31(22)24;1-2/h2-14,22H,1H3,(H2,25,26,27,28,32);1-2H3. The summed E-state index contributed by atoms with van der Waals surface area (Å²) < 4.78 is 9.75. The maximum absolute atomic E-state index is 11.2. The topological polar surface area (TPSA) is 102 Å². The first-order valence-electron chi connectivity index (χ1n) is 11.4. The third kappa shape index (κ3) is 3.97. The Bertz CT molecular complexity index is 1510. The molecule has 0 bridgehead atoms. The number of imidazole rings is 1. The molecular formula is C26H25N7O2. The largest absolute Gasteiger partial charge is 0.460 e. The minimum atomic E-state index is -0.533. The van der Waals surface area contributed by atoms with Crippen molar-refractivity contribution in [1.82, 2.24) is 24.6 Å². The lowest BCUT2D eigenvalue weighted by atomic mass is 10.1. The van der Waals surface area contributed by atoms with Crippen LogP contribution in [0.15, 0.2) is 82.3 Å². The molecule has 35 heavy (non-hydrogen) atoms. The number of hydrogen-bond acceptors (Lipinski definition) is 6. The molecule has 5 aromatic rings. The summed E-state index contributed by atoms with van der Waals surface area (Å²) in [6, 6.07) is 21.5. The van der Waals surface area contributed by atoms with Crippen LogP contribution in [0, 0.1) is 6.92 Å². The van der Waals surface area contributed by atoms with E-state index < -0.39 is 6.17 Å². The fourth-order valence-electron chi connectivity index (χ4n) is 4.08. The number of benzene rings is 2. The van der Waals surface area contributed by atoms with Crippen molar-refractivity contribution in [2.45, 2.75) is 26.9 Å². The smallest absolute Gasteiger partial charge is 0.213 e. The number of aryl methyl sites for hydroxylation is 1. The highest BCUT2D eigenvalue weighted by molar-refractivity contribution is 6.00. The van der Waals surface area contributed by atoms with Crippen molar-refractivity contribution in [1.29, 1.82) is 0 Å². The van der Waals surface area contributed by atoms with Gasteiger partial charge in [0.2, 0.25) is 18.3 Å². The number of furan rings is 1. The van der Waals surface area contributed by atoms with E-state index >= 15 is 0 Å². The number of carbonyl (C=O) groups is 1. The monoisotopic (exact) mass is 467 g/mol. The van der Waals surface area contributed by atoms with Gasteiger partial charge in [0.15, 0.2) is 11.9 Å². The summed E-state index contributed by atoms with van der Waals surface area (Å²) in [6.45, 7) is 5.90. The van der Waals surface area contributed by atoms with E-state index in [1.165, 1.54) is 0 Å². The zero-order chi connectivity index (χ0) is 24.4. The normalized spacial score (nSPS) is 14.4. The average Bonchev–Trinajstić information content (AvgIpc) is 3.62. The number of para-hydroxylation sites is 3. The lowest BCUT2D eigenvalue weighted by molar-refractivity contribution is -0.108. The zero-order valence-corrected chi connectivity index (χ0v) is 19.6. The van der Waals surface area contributed by atoms with E-state index in [1.54, 1.807) is 0 Å². The fourth-order valence-corrected chi connectivity index (χ4v) is 4.08. The van der Waals surface area contributed by atoms with Gasteiger partial charge in [-0.25, -0.2) is 14.7 Å². The molecule has 6 rings (SSSR count). The van der Waals surface area contributed by atoms with Gasteiger partial charge >= 0.3 is 0 Å². The third-order valence-electron chi connectivity index (χ3n) is 5.53. The Morgan fingerprint density at radius 2 is 1.80 bits per heavy atom. The molecule has 0 spiro atoms. The molecule has 9 heteroatoms. The van der Waals surface area contributed by atoms with Gasteiger partial charge in [-0.3, -0.25) is 20.0 Å². The predicted molar refractivity (Wildman–Crippen MR) is 135 cm³/mol. The molecule has 0 aliphatic carbocycles. The molecule has 1 unspecified atom stereocenters. The van der Waals surface area contributed by atoms with Gasteiger partial charge in [0.05, 0.1) is 16.7 Å². The fraction of sp³-hybridized carbons (Fsp3) is 0.154. The Morgan fingerprint density at radius 1 is 1.03 bits per heavy atom. The van der Waals surface area contributed by atoms with Crippen LogP contribution in [0.5, 0.6) is 0 Å². The molecule has 2 N–H and O–H groups in total. The Kier molecular flexibility index (Phi) is 5.88. The lowest BCUT2D eigenvalue weighted by Crippen LogP contribution is -2.35. The quantitative estimate of drug-likeness (QED) is 0.366. The van der Waals surface area contributed by atoms with E-state index in [0.29, 0.717) is 29.8 Å². The minimum absolute atomic E-state index is 0.312. The van der Waals surface area contributed by atoms with E-state index in [-0.39, 0.29) is 0 Å². The summed E-state index contributed by atoms with van der Waals surface area (Å²) in [4.78, 5) is 20.7. The molecule has 1 atom stereocenters. The van der Waals surface area contributed by atoms with Gasteiger partial charge in [-0.15, -0.1) is 0 Å². The average molecular weight is 468 g/mol. The molecule has 0 saturated heterocycles. The minimum Gasteiger partial charge on any atom is -0.460 e. The molecule has 1 amide bonds. The third-order valence-corrected chi connectivity index (χ3v) is 5.53. The number of nitrogens with zero attached hydrogens (tertiary/aromatic N) is 5. The molecule has 0 radical (unpaired) electrons. The Labute approximate surface area is 202 Å². The van der Waals surface area contributed by atoms with E-state index in [4.69, 9.17) is 19.5 Å². The van der Waals surface area contributed by atoms with Gasteiger partial charge in [-0.05, 0) is 43.3 Å². The molecule has 176 valence electrons. The van der Waals surface area contributed by atoms with Crippen molar-refractivity contribution in [3.05, 3.63) is 84.3 Å². The summed E-state index contributed by atoms with van der Waals surface area (Å²) >= 11 is 0. The lowest BCUT2D eigenvalue weighted by Gasteiger charge is -2.24. The summed E-state index contributed by atoms with van der Waals surface area (Å²) in [5, 5.41) is 10.6. The maximum Gasteiger partial charge on any atom is 0.213 e. The number of fused-ring (bicyclic) bond motifs is 3. The molecule has 0 fully saturated rings. The van der Waals surface area contributed by atoms with Gasteiger partial charge in [-0.1, -0.05) is 44.2 Å². The first kappa shape index (κ1) is 22.1. The number of nitrogens with one attached hydrogen (secondary N) is 2. The van der Waals surface area contributed by atoms with Crippen molar-refractivity contribution in [2.75, 3.05) is 5.32 Å². The van der Waals surface area contributed by atoms with E-state index in [0.717, 1.165) is 28.0 Å². The number of rotatable bonds is 4. The highest BCUT2D eigenvalue weighted by Crippen LogP contribution is 2.37. The molecule has 0 saturated carbocycles. The molecule has 1 aliphatic rings. The molecule has 9 nitrogen and oxygen atoms in total. The van der Waals surface area contributed by atoms with Gasteiger partial charge in [0.25, 0.3) is 0 Å². The Hall–Kier alpha value is -4.66. The highest BCUT2D eigenvalue weighted by atomic mass is 16.3. The molecular weight excluding hydrogens is 442 g/mol. The summed E-state index contributed by atoms with van der Waals surface area (Å²) in [7, 11) is 0. The Balaban J connectivity index is 0.00000124. The molecule has 3 aromatic heterocycles. The number of aliphatic imine (C=N–C) groups is 1. The van der Waals surface area contributed by atoms with Crippen LogP contribution in [0.25, 0.3) is 28.2 Å². The van der Waals surface area contributed by atoms with Gasteiger partial charge in [-0.2, -0.15) is 5.10 Å². The van der Waals surface area contributed by atoms with Crippen molar-refractivity contribution in [3.8, 4) is 17.1 Å². The number of anilines is 1. The van der Waals surface area contributed by atoms with Gasteiger partial charge in [0, 0.05) is 11.8 Å². The van der Waals surface area contributed by atoms with E-state index in [1.807, 2.05) is 103 Å². The maximum atomic E-state index is 11.2. The molecule has 4 heterocycles. The van der Waals surface area contributed by atoms with Crippen LogP contribution in [0.2, 0.25) is 0 Å². The van der Waals surface area contributed by atoms with Crippen molar-refractivity contribution in [3.63, 3.8) is 0 Å². The second kappa shape index (κ2) is 9.30. The van der Waals surface area contributed by atoms with E-state index in [2.05, 4.69) is 10.6 Å². The Morgan fingerprint density at radius 3 is 2.54 bits per heavy atom. The summed E-state index contributed by atoms with van der Waals surface area (Å²) in [5.74, 6) is 2.32. The van der Waals surface area contributed by atoms with Crippen LogP contribution in [0.4, 0.5) is 5.95 Å². The van der Waals surface area contributed by atoms with Crippen LogP contribution < -0.4 is 10.6 Å². The summed E-state index contributed by atoms with van der Waals surface area (Å²) in [6.07, 6.45) is 2.00. The van der Waals surface area contributed by atoms with Crippen LogP contribution in [0.3, 0.4) is 0 Å². The second-order valence-corrected chi connectivity index (χ2v) is 7.66. The zero-order valence-electron chi connectivity index (χ0n) is 19.6. The number of carbonyl (C=O) groups excluding carboxylic acids is 1. The van der Waals surface area contributed by atoms with Crippen molar-refractivity contribution in [2.24, 2.45) is 4.99 Å². The predicted octanol–water partition coefficient (Wildman–Crippen LogP) is 4.89. The molecule has 2 aromatic carbocycles. The number of guanidine groups is 1. The van der Waals surface area contributed by atoms with Crippen molar-refractivity contribution >= 4 is 29.4 Å². The first-order valence-corrected chi connectivity index (χ1v) is 11.4. The number of amides is 1. The summed E-state index contributed by atoms with van der Waals surface area (Å²) in [5.41, 5.74) is 4.11. The SMILES string of the molecule is CC.Cc1ccc(-c2nn(-c3ccccc3)cc2C2N=C(NC=O)Nc3nc4ccccc4n32)o1. The second-order valence-electron chi connectivity index (χ2n) is 7.66. The number of hydrogen-bond donors (Lipinski definition) is 2. The van der Waals surface area contributed by atoms with Gasteiger partial charge in [0.1, 0.15) is 11.5 Å². The first-order chi connectivity index (χ1) is 17.2. The highest BCUT2D eigenvalue weighted by Gasteiger charge is 2.30. The van der Waals surface area contributed by atoms with Crippen LogP contribution in [-0.2, 0) is 4.79 Å². The van der Waals surface area contributed by atoms with Crippen molar-refractivity contribution < 1.29 is 9.21 Å². The van der Waals surface area contributed by atoms with Crippen LogP contribution in [0.1, 0.15) is 31.3 Å². The van der Waals surface area contributed by atoms with E-state index in [9.17, 15) is 4.79 Å². The molecule has 1 aliphatic heterocycles. The van der Waals surface area contributed by atoms with Crippen LogP contribution in [-0.4, -0.2) is 31.7 Å². The van der Waals surface area contributed by atoms with Crippen LogP contribution >= 0.6 is 0 Å².